The maximum Gasteiger partial charge on any atom is 0.237 e. The summed E-state index contributed by atoms with van der Waals surface area (Å²) >= 11 is 0. The second-order valence-electron chi connectivity index (χ2n) is 8.17. The molecule has 0 aromatic heterocycles. The number of benzene rings is 1. The molecule has 0 bridgehead atoms. The first kappa shape index (κ1) is 18.8. The highest BCUT2D eigenvalue weighted by Crippen LogP contribution is 2.32. The first-order valence-electron chi connectivity index (χ1n) is 10.5. The minimum Gasteiger partial charge on any atom is -0.337 e. The number of halogens is 1. The summed E-state index contributed by atoms with van der Waals surface area (Å²) in [6.45, 7) is 4.10. The van der Waals surface area contributed by atoms with E-state index in [1.165, 1.54) is 31.7 Å². The number of hydrogen-bond donors (Lipinski definition) is 2. The summed E-state index contributed by atoms with van der Waals surface area (Å²) in [5.74, 6) is 0.126. The molecule has 2 N–H and O–H groups in total. The standard InChI is InChI=1S/C21H31FN4O/c22-18-9-4-3-8-16(18)17-14-23-24-21(17)19-10-7-13-26(19)20(27)15-25-11-5-1-2-6-12-25/h3-4,8-9,17,19,21,23-24H,1-2,5-7,10-15H2. The molecule has 3 aliphatic heterocycles. The van der Waals surface area contributed by atoms with Gasteiger partial charge in [0.2, 0.25) is 5.91 Å². The van der Waals surface area contributed by atoms with Crippen molar-refractivity contribution in [3.05, 3.63) is 35.6 Å². The Hall–Kier alpha value is -1.50. The zero-order valence-corrected chi connectivity index (χ0v) is 16.0. The van der Waals surface area contributed by atoms with Crippen molar-refractivity contribution in [1.82, 2.24) is 20.7 Å². The van der Waals surface area contributed by atoms with Crippen LogP contribution in [0.5, 0.6) is 0 Å². The molecule has 0 spiro atoms. The van der Waals surface area contributed by atoms with Gasteiger partial charge < -0.3 is 4.90 Å². The van der Waals surface area contributed by atoms with Crippen LogP contribution >= 0.6 is 0 Å². The predicted molar refractivity (Wildman–Crippen MR) is 104 cm³/mol. The van der Waals surface area contributed by atoms with E-state index in [1.54, 1.807) is 6.07 Å². The molecule has 1 amide bonds. The van der Waals surface area contributed by atoms with Crippen LogP contribution in [0.4, 0.5) is 4.39 Å². The molecule has 0 aliphatic carbocycles. The van der Waals surface area contributed by atoms with Gasteiger partial charge in [-0.05, 0) is 50.4 Å². The number of amides is 1. The zero-order valence-electron chi connectivity index (χ0n) is 16.0. The number of carbonyl (C=O) groups is 1. The molecule has 3 atom stereocenters. The molecular formula is C21H31FN4O. The van der Waals surface area contributed by atoms with Crippen molar-refractivity contribution in [2.45, 2.75) is 56.5 Å². The third kappa shape index (κ3) is 4.18. The quantitative estimate of drug-likeness (QED) is 0.849. The Morgan fingerprint density at radius 3 is 2.63 bits per heavy atom. The molecule has 3 saturated heterocycles. The van der Waals surface area contributed by atoms with Gasteiger partial charge in [0, 0.05) is 31.1 Å². The highest BCUT2D eigenvalue weighted by Gasteiger charge is 2.42. The lowest BCUT2D eigenvalue weighted by Crippen LogP contribution is -2.52. The maximum atomic E-state index is 14.4. The van der Waals surface area contributed by atoms with Crippen LogP contribution in [0.25, 0.3) is 0 Å². The topological polar surface area (TPSA) is 47.6 Å². The molecule has 3 fully saturated rings. The van der Waals surface area contributed by atoms with Crippen molar-refractivity contribution in [2.75, 3.05) is 32.7 Å². The molecule has 4 rings (SSSR count). The number of hydrogen-bond acceptors (Lipinski definition) is 4. The average Bonchev–Trinajstić information content (AvgIpc) is 3.27. The third-order valence-electron chi connectivity index (χ3n) is 6.42. The summed E-state index contributed by atoms with van der Waals surface area (Å²) in [5, 5.41) is 0. The lowest BCUT2D eigenvalue weighted by molar-refractivity contribution is -0.133. The van der Waals surface area contributed by atoms with Gasteiger partial charge in [-0.3, -0.25) is 20.5 Å². The van der Waals surface area contributed by atoms with Crippen LogP contribution in [0, 0.1) is 5.82 Å². The molecule has 3 aliphatic rings. The van der Waals surface area contributed by atoms with Crippen LogP contribution in [-0.2, 0) is 4.79 Å². The summed E-state index contributed by atoms with van der Waals surface area (Å²) < 4.78 is 14.4. The van der Waals surface area contributed by atoms with Gasteiger partial charge in [0.1, 0.15) is 5.82 Å². The van der Waals surface area contributed by atoms with E-state index in [9.17, 15) is 9.18 Å². The molecule has 148 valence electrons. The number of carbonyl (C=O) groups excluding carboxylic acids is 1. The van der Waals surface area contributed by atoms with Crippen molar-refractivity contribution >= 4 is 5.91 Å². The summed E-state index contributed by atoms with van der Waals surface area (Å²) in [6, 6.07) is 7.21. The van der Waals surface area contributed by atoms with Gasteiger partial charge in [-0.25, -0.2) is 4.39 Å². The van der Waals surface area contributed by atoms with Gasteiger partial charge in [0.15, 0.2) is 0 Å². The van der Waals surface area contributed by atoms with Gasteiger partial charge in [-0.15, -0.1) is 0 Å². The largest absolute Gasteiger partial charge is 0.337 e. The summed E-state index contributed by atoms with van der Waals surface area (Å²) in [6.07, 6.45) is 6.95. The molecule has 5 nitrogen and oxygen atoms in total. The van der Waals surface area contributed by atoms with Gasteiger partial charge in [0.05, 0.1) is 6.54 Å². The van der Waals surface area contributed by atoms with Gasteiger partial charge in [-0.1, -0.05) is 31.0 Å². The van der Waals surface area contributed by atoms with Crippen molar-refractivity contribution in [1.29, 1.82) is 0 Å². The predicted octanol–water partition coefficient (Wildman–Crippen LogP) is 2.25. The molecule has 6 heteroatoms. The summed E-state index contributed by atoms with van der Waals surface area (Å²) in [7, 11) is 0. The molecule has 3 heterocycles. The molecule has 3 unspecified atom stereocenters. The average molecular weight is 375 g/mol. The summed E-state index contributed by atoms with van der Waals surface area (Å²) in [4.78, 5) is 17.4. The molecule has 27 heavy (non-hydrogen) atoms. The maximum absolute atomic E-state index is 14.4. The number of nitrogens with zero attached hydrogens (tertiary/aromatic N) is 2. The fourth-order valence-corrected chi connectivity index (χ4v) is 5.01. The van der Waals surface area contributed by atoms with Gasteiger partial charge in [0.25, 0.3) is 0 Å². The molecule has 0 saturated carbocycles. The normalized spacial score (nSPS) is 29.8. The fourth-order valence-electron chi connectivity index (χ4n) is 5.01. The third-order valence-corrected chi connectivity index (χ3v) is 6.42. The summed E-state index contributed by atoms with van der Waals surface area (Å²) in [5.41, 5.74) is 7.30. The SMILES string of the molecule is O=C(CN1CCCCCC1)N1CCCC1C1NNCC1c1ccccc1F. The van der Waals surface area contributed by atoms with E-state index in [-0.39, 0.29) is 29.7 Å². The Morgan fingerprint density at radius 2 is 1.85 bits per heavy atom. The molecule has 1 aromatic rings. The van der Waals surface area contributed by atoms with Crippen molar-refractivity contribution in [2.24, 2.45) is 0 Å². The van der Waals surface area contributed by atoms with E-state index in [0.29, 0.717) is 13.1 Å². The van der Waals surface area contributed by atoms with Gasteiger partial charge in [-0.2, -0.15) is 0 Å². The van der Waals surface area contributed by atoms with E-state index in [4.69, 9.17) is 0 Å². The first-order chi connectivity index (χ1) is 13.2. The highest BCUT2D eigenvalue weighted by molar-refractivity contribution is 5.79. The van der Waals surface area contributed by atoms with Gasteiger partial charge >= 0.3 is 0 Å². The number of likely N-dealkylation sites (tertiary alicyclic amines) is 2. The lowest BCUT2D eigenvalue weighted by Gasteiger charge is -2.34. The lowest BCUT2D eigenvalue weighted by atomic mass is 9.87. The van der Waals surface area contributed by atoms with Crippen molar-refractivity contribution < 1.29 is 9.18 Å². The monoisotopic (exact) mass is 374 g/mol. The minimum atomic E-state index is -0.154. The zero-order chi connectivity index (χ0) is 18.6. The van der Waals surface area contributed by atoms with E-state index in [1.807, 2.05) is 12.1 Å². The van der Waals surface area contributed by atoms with Crippen LogP contribution < -0.4 is 10.9 Å². The first-order valence-corrected chi connectivity index (χ1v) is 10.5. The number of rotatable bonds is 4. The second kappa shape index (κ2) is 8.67. The molecule has 1 aromatic carbocycles. The van der Waals surface area contributed by atoms with Crippen molar-refractivity contribution in [3.63, 3.8) is 0 Å². The fraction of sp³-hybridized carbons (Fsp3) is 0.667. The van der Waals surface area contributed by atoms with Crippen LogP contribution in [0.3, 0.4) is 0 Å². The van der Waals surface area contributed by atoms with E-state index < -0.39 is 0 Å². The second-order valence-corrected chi connectivity index (χ2v) is 8.17. The Balaban J connectivity index is 1.45. The van der Waals surface area contributed by atoms with Crippen LogP contribution in [0.15, 0.2) is 24.3 Å². The molecule has 0 radical (unpaired) electrons. The highest BCUT2D eigenvalue weighted by atomic mass is 19.1. The van der Waals surface area contributed by atoms with Crippen molar-refractivity contribution in [3.8, 4) is 0 Å². The Morgan fingerprint density at radius 1 is 1.07 bits per heavy atom. The Bertz CT molecular complexity index is 647. The number of nitrogens with one attached hydrogen (secondary N) is 2. The minimum absolute atomic E-state index is 0.0442. The smallest absolute Gasteiger partial charge is 0.237 e. The van der Waals surface area contributed by atoms with E-state index in [2.05, 4.69) is 20.7 Å². The van der Waals surface area contributed by atoms with Crippen LogP contribution in [0.1, 0.15) is 50.0 Å². The van der Waals surface area contributed by atoms with Crippen LogP contribution in [-0.4, -0.2) is 60.5 Å². The molecular weight excluding hydrogens is 343 g/mol. The van der Waals surface area contributed by atoms with E-state index >= 15 is 0 Å². The van der Waals surface area contributed by atoms with E-state index in [0.717, 1.165) is 38.0 Å². The Labute approximate surface area is 161 Å². The number of hydrazine groups is 1. The van der Waals surface area contributed by atoms with Crippen LogP contribution in [0.2, 0.25) is 0 Å². The Kier molecular flexibility index (Phi) is 6.05.